The lowest BCUT2D eigenvalue weighted by Gasteiger charge is -2.38. The van der Waals surface area contributed by atoms with E-state index in [9.17, 15) is 14.4 Å². The third kappa shape index (κ3) is 4.82. The zero-order valence-electron chi connectivity index (χ0n) is 20.2. The SMILES string of the molecule is CCOc1cccc([C@@H]2C(C(=O)O[C@H](C)CC)=C(C)NC3=C2C(=O)[C@H](C(=O)OC)[C@@H](C)C3)c1. The molecule has 1 N–H and O–H groups in total. The lowest BCUT2D eigenvalue weighted by molar-refractivity contribution is -0.151. The minimum Gasteiger partial charge on any atom is -0.494 e. The molecule has 0 amide bonds. The molecule has 1 aromatic rings. The monoisotopic (exact) mass is 455 g/mol. The molecule has 1 aliphatic heterocycles. The van der Waals surface area contributed by atoms with Gasteiger partial charge in [-0.2, -0.15) is 0 Å². The molecule has 0 aromatic heterocycles. The van der Waals surface area contributed by atoms with Crippen LogP contribution >= 0.6 is 0 Å². The molecule has 0 saturated carbocycles. The van der Waals surface area contributed by atoms with E-state index < -0.39 is 23.8 Å². The average molecular weight is 456 g/mol. The number of benzene rings is 1. The summed E-state index contributed by atoms with van der Waals surface area (Å²) in [4.78, 5) is 39.5. The Morgan fingerprint density at radius 2 is 1.97 bits per heavy atom. The third-order valence-electron chi connectivity index (χ3n) is 6.35. The van der Waals surface area contributed by atoms with E-state index >= 15 is 0 Å². The number of allylic oxidation sites excluding steroid dienone is 3. The minimum atomic E-state index is -0.918. The van der Waals surface area contributed by atoms with Crippen molar-refractivity contribution in [1.82, 2.24) is 5.32 Å². The van der Waals surface area contributed by atoms with Crippen molar-refractivity contribution < 1.29 is 28.6 Å². The number of hydrogen-bond donors (Lipinski definition) is 1. The third-order valence-corrected chi connectivity index (χ3v) is 6.35. The Labute approximate surface area is 195 Å². The number of hydrogen-bond acceptors (Lipinski definition) is 7. The van der Waals surface area contributed by atoms with Gasteiger partial charge in [-0.15, -0.1) is 0 Å². The lowest BCUT2D eigenvalue weighted by Crippen LogP contribution is -2.43. The maximum atomic E-state index is 13.7. The Morgan fingerprint density at radius 3 is 2.61 bits per heavy atom. The number of Topliss-reactive ketones (excluding diaryl/α,β-unsaturated/α-hetero) is 1. The molecule has 4 atom stereocenters. The van der Waals surface area contributed by atoms with Crippen LogP contribution in [0.3, 0.4) is 0 Å². The van der Waals surface area contributed by atoms with Crippen LogP contribution in [0.1, 0.15) is 58.9 Å². The number of dihydropyridines is 1. The second kappa shape index (κ2) is 10.2. The summed E-state index contributed by atoms with van der Waals surface area (Å²) in [6, 6.07) is 7.38. The number of nitrogens with one attached hydrogen (secondary N) is 1. The molecular formula is C26H33NO6. The Morgan fingerprint density at radius 1 is 1.24 bits per heavy atom. The van der Waals surface area contributed by atoms with Gasteiger partial charge in [0.2, 0.25) is 0 Å². The number of ether oxygens (including phenoxy) is 3. The Hall–Kier alpha value is -3.09. The van der Waals surface area contributed by atoms with Gasteiger partial charge in [0.25, 0.3) is 0 Å². The summed E-state index contributed by atoms with van der Waals surface area (Å²) in [5, 5.41) is 3.27. The first-order valence-electron chi connectivity index (χ1n) is 11.5. The molecule has 0 spiro atoms. The van der Waals surface area contributed by atoms with Crippen LogP contribution in [0.5, 0.6) is 5.75 Å². The van der Waals surface area contributed by atoms with Crippen molar-refractivity contribution in [2.24, 2.45) is 11.8 Å². The molecule has 1 heterocycles. The largest absolute Gasteiger partial charge is 0.494 e. The van der Waals surface area contributed by atoms with Gasteiger partial charge in [-0.3, -0.25) is 9.59 Å². The Kier molecular flexibility index (Phi) is 7.61. The van der Waals surface area contributed by atoms with Crippen molar-refractivity contribution in [1.29, 1.82) is 0 Å². The molecule has 0 fully saturated rings. The highest BCUT2D eigenvalue weighted by Crippen LogP contribution is 2.46. The number of ketones is 1. The van der Waals surface area contributed by atoms with Crippen LogP contribution < -0.4 is 10.1 Å². The van der Waals surface area contributed by atoms with Gasteiger partial charge >= 0.3 is 11.9 Å². The van der Waals surface area contributed by atoms with Crippen molar-refractivity contribution >= 4 is 17.7 Å². The van der Waals surface area contributed by atoms with Crippen LogP contribution in [0, 0.1) is 11.8 Å². The topological polar surface area (TPSA) is 90.9 Å². The summed E-state index contributed by atoms with van der Waals surface area (Å²) in [5.74, 6) is -2.54. The van der Waals surface area contributed by atoms with Gasteiger partial charge in [0.1, 0.15) is 11.7 Å². The predicted molar refractivity (Wildman–Crippen MR) is 123 cm³/mol. The summed E-state index contributed by atoms with van der Waals surface area (Å²) in [5.41, 5.74) is 2.90. The highest BCUT2D eigenvalue weighted by atomic mass is 16.5. The Bertz CT molecular complexity index is 1010. The number of carbonyl (C=O) groups excluding carboxylic acids is 3. The number of esters is 2. The molecule has 178 valence electrons. The fraction of sp³-hybridized carbons (Fsp3) is 0.500. The highest BCUT2D eigenvalue weighted by Gasteiger charge is 2.47. The van der Waals surface area contributed by atoms with Crippen LogP contribution in [-0.2, 0) is 23.9 Å². The van der Waals surface area contributed by atoms with E-state index in [0.717, 1.165) is 11.3 Å². The molecule has 7 heteroatoms. The summed E-state index contributed by atoms with van der Waals surface area (Å²) >= 11 is 0. The molecule has 0 bridgehead atoms. The fourth-order valence-electron chi connectivity index (χ4n) is 4.56. The van der Waals surface area contributed by atoms with E-state index in [2.05, 4.69) is 5.32 Å². The molecule has 0 radical (unpaired) electrons. The van der Waals surface area contributed by atoms with E-state index in [0.29, 0.717) is 42.0 Å². The predicted octanol–water partition coefficient (Wildman–Crippen LogP) is 4.04. The molecule has 2 aliphatic rings. The number of methoxy groups -OCH3 is 1. The van der Waals surface area contributed by atoms with E-state index in [1.807, 2.05) is 58.9 Å². The van der Waals surface area contributed by atoms with Gasteiger partial charge in [-0.25, -0.2) is 4.79 Å². The average Bonchev–Trinajstić information content (AvgIpc) is 2.78. The summed E-state index contributed by atoms with van der Waals surface area (Å²) in [6.07, 6.45) is 0.895. The van der Waals surface area contributed by atoms with Crippen LogP contribution in [0.25, 0.3) is 0 Å². The zero-order valence-corrected chi connectivity index (χ0v) is 20.2. The fourth-order valence-corrected chi connectivity index (χ4v) is 4.56. The first kappa shape index (κ1) is 24.6. The summed E-state index contributed by atoms with van der Waals surface area (Å²) < 4.78 is 16.3. The van der Waals surface area contributed by atoms with E-state index in [1.54, 1.807) is 0 Å². The number of carbonyl (C=O) groups is 3. The molecule has 3 rings (SSSR count). The van der Waals surface area contributed by atoms with Gasteiger partial charge in [0, 0.05) is 22.9 Å². The van der Waals surface area contributed by atoms with Crippen molar-refractivity contribution in [2.45, 2.75) is 59.5 Å². The first-order valence-corrected chi connectivity index (χ1v) is 11.5. The lowest BCUT2D eigenvalue weighted by atomic mass is 9.69. The normalized spacial score (nSPS) is 23.5. The van der Waals surface area contributed by atoms with Gasteiger partial charge < -0.3 is 19.5 Å². The second-order valence-electron chi connectivity index (χ2n) is 8.67. The summed E-state index contributed by atoms with van der Waals surface area (Å²) in [7, 11) is 1.29. The van der Waals surface area contributed by atoms with Crippen molar-refractivity contribution in [2.75, 3.05) is 13.7 Å². The van der Waals surface area contributed by atoms with Crippen molar-refractivity contribution in [3.8, 4) is 5.75 Å². The molecule has 33 heavy (non-hydrogen) atoms. The van der Waals surface area contributed by atoms with Crippen LogP contribution in [0.2, 0.25) is 0 Å². The smallest absolute Gasteiger partial charge is 0.337 e. The van der Waals surface area contributed by atoms with Gasteiger partial charge in [-0.1, -0.05) is 26.0 Å². The molecule has 7 nitrogen and oxygen atoms in total. The highest BCUT2D eigenvalue weighted by molar-refractivity contribution is 6.12. The van der Waals surface area contributed by atoms with Gasteiger partial charge in [0.15, 0.2) is 5.78 Å². The van der Waals surface area contributed by atoms with Crippen LogP contribution in [-0.4, -0.2) is 37.5 Å². The van der Waals surface area contributed by atoms with E-state index in [1.165, 1.54) is 7.11 Å². The van der Waals surface area contributed by atoms with E-state index in [-0.39, 0.29) is 17.8 Å². The van der Waals surface area contributed by atoms with E-state index in [4.69, 9.17) is 14.2 Å². The Balaban J connectivity index is 2.17. The minimum absolute atomic E-state index is 0.229. The van der Waals surface area contributed by atoms with Crippen LogP contribution in [0.4, 0.5) is 0 Å². The standard InChI is InChI=1S/C26H33NO6/c1-7-15(4)33-26(30)21-16(5)27-19-12-14(3)20(25(29)31-6)24(28)23(19)22(21)17-10-9-11-18(13-17)32-8-2/h9-11,13-15,20,22,27H,7-8,12H2,1-6H3/t14-,15+,20+,22+/m0/s1. The second-order valence-corrected chi connectivity index (χ2v) is 8.67. The molecule has 1 aliphatic carbocycles. The van der Waals surface area contributed by atoms with Crippen molar-refractivity contribution in [3.63, 3.8) is 0 Å². The summed E-state index contributed by atoms with van der Waals surface area (Å²) in [6.45, 7) is 9.83. The zero-order chi connectivity index (χ0) is 24.3. The maximum absolute atomic E-state index is 13.7. The molecule has 1 aromatic carbocycles. The molecular weight excluding hydrogens is 422 g/mol. The first-order chi connectivity index (χ1) is 15.7. The number of rotatable bonds is 7. The molecule has 0 saturated heterocycles. The quantitative estimate of drug-likeness (QED) is 0.490. The van der Waals surface area contributed by atoms with Gasteiger partial charge in [-0.05, 0) is 57.2 Å². The van der Waals surface area contributed by atoms with Crippen molar-refractivity contribution in [3.05, 3.63) is 52.4 Å². The molecule has 0 unspecified atom stereocenters. The maximum Gasteiger partial charge on any atom is 0.337 e. The van der Waals surface area contributed by atoms with Gasteiger partial charge in [0.05, 0.1) is 25.4 Å². The van der Waals surface area contributed by atoms with Crippen LogP contribution in [0.15, 0.2) is 46.8 Å².